The van der Waals surface area contributed by atoms with E-state index < -0.39 is 6.03 Å². The fourth-order valence-electron chi connectivity index (χ4n) is 2.56. The molecule has 6 heteroatoms. The van der Waals surface area contributed by atoms with E-state index in [1.54, 1.807) is 7.11 Å². The van der Waals surface area contributed by atoms with Crippen molar-refractivity contribution in [1.82, 2.24) is 15.5 Å². The van der Waals surface area contributed by atoms with Gasteiger partial charge >= 0.3 is 6.03 Å². The fraction of sp³-hybridized carbons (Fsp3) is 0.467. The number of likely N-dealkylation sites (tertiary alicyclic amines) is 1. The monoisotopic (exact) mass is 291 g/mol. The van der Waals surface area contributed by atoms with Crippen molar-refractivity contribution in [3.05, 3.63) is 29.8 Å². The zero-order chi connectivity index (χ0) is 15.2. The van der Waals surface area contributed by atoms with E-state index in [4.69, 9.17) is 4.74 Å². The Morgan fingerprint density at radius 3 is 2.67 bits per heavy atom. The van der Waals surface area contributed by atoms with Crippen molar-refractivity contribution >= 4 is 11.9 Å². The second kappa shape index (κ2) is 7.08. The van der Waals surface area contributed by atoms with Crippen LogP contribution < -0.4 is 15.4 Å². The molecule has 114 valence electrons. The Morgan fingerprint density at radius 1 is 1.33 bits per heavy atom. The van der Waals surface area contributed by atoms with Gasteiger partial charge in [0, 0.05) is 13.6 Å². The number of urea groups is 1. The molecule has 0 radical (unpaired) electrons. The van der Waals surface area contributed by atoms with Gasteiger partial charge in [0.2, 0.25) is 5.91 Å². The summed E-state index contributed by atoms with van der Waals surface area (Å²) in [6.45, 7) is 1.94. The Morgan fingerprint density at radius 2 is 2.05 bits per heavy atom. The molecule has 1 atom stereocenters. The Bertz CT molecular complexity index is 501. The van der Waals surface area contributed by atoms with Crippen LogP contribution in [0.4, 0.5) is 4.79 Å². The lowest BCUT2D eigenvalue weighted by Crippen LogP contribution is -2.42. The van der Waals surface area contributed by atoms with E-state index in [-0.39, 0.29) is 12.5 Å². The number of methoxy groups -OCH3 is 1. The highest BCUT2D eigenvalue weighted by molar-refractivity contribution is 5.95. The third kappa shape index (κ3) is 4.19. The zero-order valence-corrected chi connectivity index (χ0v) is 12.4. The molecule has 1 aromatic rings. The number of amides is 3. The van der Waals surface area contributed by atoms with Crippen molar-refractivity contribution in [2.75, 3.05) is 33.8 Å². The van der Waals surface area contributed by atoms with Gasteiger partial charge in [-0.2, -0.15) is 0 Å². The summed E-state index contributed by atoms with van der Waals surface area (Å²) in [5.41, 5.74) is 1.25. The van der Waals surface area contributed by atoms with Crippen LogP contribution in [0, 0.1) is 0 Å². The molecule has 0 aromatic heterocycles. The number of benzene rings is 1. The van der Waals surface area contributed by atoms with E-state index in [2.05, 4.69) is 27.7 Å². The summed E-state index contributed by atoms with van der Waals surface area (Å²) >= 11 is 0. The summed E-state index contributed by atoms with van der Waals surface area (Å²) in [5.74, 6) is 0.993. The second-order valence-electron chi connectivity index (χ2n) is 5.12. The molecule has 1 unspecified atom stereocenters. The lowest BCUT2D eigenvalue weighted by molar-refractivity contribution is -0.120. The molecule has 0 saturated carbocycles. The van der Waals surface area contributed by atoms with Gasteiger partial charge < -0.3 is 10.1 Å². The highest BCUT2D eigenvalue weighted by Gasteiger charge is 2.25. The molecule has 21 heavy (non-hydrogen) atoms. The van der Waals surface area contributed by atoms with Crippen molar-refractivity contribution in [1.29, 1.82) is 0 Å². The van der Waals surface area contributed by atoms with E-state index in [0.29, 0.717) is 5.92 Å². The SMILES string of the molecule is CNC(=O)NC(=O)CN1CCC(c2ccc(OC)cc2)C1. The molecule has 0 bridgehead atoms. The highest BCUT2D eigenvalue weighted by Crippen LogP contribution is 2.28. The second-order valence-corrected chi connectivity index (χ2v) is 5.12. The standard InChI is InChI=1S/C15H21N3O3/c1-16-15(20)17-14(19)10-18-8-7-12(9-18)11-3-5-13(21-2)6-4-11/h3-6,12H,7-10H2,1-2H3,(H2,16,17,19,20). The number of nitrogens with zero attached hydrogens (tertiary/aromatic N) is 1. The number of hydrogen-bond donors (Lipinski definition) is 2. The molecule has 0 aliphatic carbocycles. The van der Waals surface area contributed by atoms with E-state index in [1.165, 1.54) is 12.6 Å². The Hall–Kier alpha value is -2.08. The van der Waals surface area contributed by atoms with Gasteiger partial charge in [0.15, 0.2) is 0 Å². The Balaban J connectivity index is 1.85. The van der Waals surface area contributed by atoms with Crippen molar-refractivity contribution in [3.8, 4) is 5.75 Å². The molecule has 1 fully saturated rings. The molecule has 1 aliphatic heterocycles. The summed E-state index contributed by atoms with van der Waals surface area (Å²) in [7, 11) is 3.13. The zero-order valence-electron chi connectivity index (χ0n) is 12.4. The van der Waals surface area contributed by atoms with Crippen LogP contribution in [0.2, 0.25) is 0 Å². The summed E-state index contributed by atoms with van der Waals surface area (Å²) in [6, 6.07) is 7.58. The lowest BCUT2D eigenvalue weighted by Gasteiger charge is -2.15. The maximum Gasteiger partial charge on any atom is 0.321 e. The van der Waals surface area contributed by atoms with E-state index in [0.717, 1.165) is 25.3 Å². The maximum absolute atomic E-state index is 11.7. The first-order chi connectivity index (χ1) is 10.1. The molecule has 6 nitrogen and oxygen atoms in total. The van der Waals surface area contributed by atoms with Gasteiger partial charge in [0.25, 0.3) is 0 Å². The highest BCUT2D eigenvalue weighted by atomic mass is 16.5. The van der Waals surface area contributed by atoms with Crippen LogP contribution >= 0.6 is 0 Å². The number of carbonyl (C=O) groups excluding carboxylic acids is 2. The topological polar surface area (TPSA) is 70.7 Å². The van der Waals surface area contributed by atoms with Crippen LogP contribution in [0.3, 0.4) is 0 Å². The molecular weight excluding hydrogens is 270 g/mol. The molecular formula is C15H21N3O3. The minimum absolute atomic E-state index is 0.250. The van der Waals surface area contributed by atoms with Gasteiger partial charge in [0.05, 0.1) is 13.7 Å². The van der Waals surface area contributed by atoms with Crippen LogP contribution in [0.5, 0.6) is 5.75 Å². The summed E-state index contributed by atoms with van der Waals surface area (Å²) in [5, 5.41) is 4.64. The van der Waals surface area contributed by atoms with Crippen LogP contribution in [0.1, 0.15) is 17.9 Å². The predicted molar refractivity (Wildman–Crippen MR) is 79.4 cm³/mol. The van der Waals surface area contributed by atoms with Crippen molar-refractivity contribution in [2.45, 2.75) is 12.3 Å². The Kier molecular flexibility index (Phi) is 5.16. The van der Waals surface area contributed by atoms with Crippen molar-refractivity contribution in [3.63, 3.8) is 0 Å². The normalized spacial score (nSPS) is 18.3. The minimum atomic E-state index is -0.467. The first-order valence-corrected chi connectivity index (χ1v) is 7.00. The molecule has 1 saturated heterocycles. The predicted octanol–water partition coefficient (Wildman–Crippen LogP) is 0.940. The third-order valence-electron chi connectivity index (χ3n) is 3.71. The molecule has 3 amide bonds. The maximum atomic E-state index is 11.7. The number of hydrogen-bond acceptors (Lipinski definition) is 4. The number of nitrogens with one attached hydrogen (secondary N) is 2. The van der Waals surface area contributed by atoms with Gasteiger partial charge in [-0.25, -0.2) is 4.79 Å². The van der Waals surface area contributed by atoms with Crippen LogP contribution in [0.15, 0.2) is 24.3 Å². The van der Waals surface area contributed by atoms with Gasteiger partial charge in [-0.15, -0.1) is 0 Å². The van der Waals surface area contributed by atoms with Crippen LogP contribution in [0.25, 0.3) is 0 Å². The lowest BCUT2D eigenvalue weighted by atomic mass is 9.98. The average Bonchev–Trinajstić information content (AvgIpc) is 2.95. The molecule has 1 aromatic carbocycles. The molecule has 0 spiro atoms. The number of rotatable bonds is 4. The van der Waals surface area contributed by atoms with Gasteiger partial charge in [0.1, 0.15) is 5.75 Å². The number of ether oxygens (including phenoxy) is 1. The summed E-state index contributed by atoms with van der Waals surface area (Å²) < 4.78 is 5.15. The van der Waals surface area contributed by atoms with E-state index in [1.807, 2.05) is 12.1 Å². The molecule has 1 aliphatic rings. The largest absolute Gasteiger partial charge is 0.497 e. The van der Waals surface area contributed by atoms with Gasteiger partial charge in [-0.3, -0.25) is 15.0 Å². The Labute approximate surface area is 124 Å². The van der Waals surface area contributed by atoms with Gasteiger partial charge in [-0.05, 0) is 36.6 Å². The molecule has 1 heterocycles. The number of carbonyl (C=O) groups is 2. The van der Waals surface area contributed by atoms with Gasteiger partial charge in [-0.1, -0.05) is 12.1 Å². The van der Waals surface area contributed by atoms with Crippen molar-refractivity contribution < 1.29 is 14.3 Å². The first-order valence-electron chi connectivity index (χ1n) is 7.00. The quantitative estimate of drug-likeness (QED) is 0.866. The van der Waals surface area contributed by atoms with Crippen LogP contribution in [-0.2, 0) is 4.79 Å². The molecule has 2 N–H and O–H groups in total. The third-order valence-corrected chi connectivity index (χ3v) is 3.71. The van der Waals surface area contributed by atoms with E-state index >= 15 is 0 Å². The summed E-state index contributed by atoms with van der Waals surface area (Å²) in [6.07, 6.45) is 1.01. The van der Waals surface area contributed by atoms with E-state index in [9.17, 15) is 9.59 Å². The number of imide groups is 1. The first kappa shape index (κ1) is 15.3. The fourth-order valence-corrected chi connectivity index (χ4v) is 2.56. The smallest absolute Gasteiger partial charge is 0.321 e. The summed E-state index contributed by atoms with van der Waals surface area (Å²) in [4.78, 5) is 24.8. The van der Waals surface area contributed by atoms with Crippen LogP contribution in [-0.4, -0.2) is 50.6 Å². The van der Waals surface area contributed by atoms with Crippen molar-refractivity contribution in [2.24, 2.45) is 0 Å². The molecule has 2 rings (SSSR count). The average molecular weight is 291 g/mol. The minimum Gasteiger partial charge on any atom is -0.497 e.